The first kappa shape index (κ1) is 19.4. The lowest BCUT2D eigenvalue weighted by Gasteiger charge is -2.37. The highest BCUT2D eigenvalue weighted by Crippen LogP contribution is 2.30. The van der Waals surface area contributed by atoms with Gasteiger partial charge in [0.2, 0.25) is 5.91 Å². The van der Waals surface area contributed by atoms with Crippen molar-refractivity contribution in [3.63, 3.8) is 0 Å². The third kappa shape index (κ3) is 4.43. The molecule has 126 valence electrons. The molecule has 0 aliphatic carbocycles. The van der Waals surface area contributed by atoms with Gasteiger partial charge in [-0.15, -0.1) is 23.7 Å². The molecule has 2 heterocycles. The number of likely N-dealkylation sites (tertiary alicyclic amines) is 1. The van der Waals surface area contributed by atoms with Gasteiger partial charge in [-0.2, -0.15) is 0 Å². The Bertz CT molecular complexity index is 489. The minimum atomic E-state index is -0.728. The molecule has 1 aromatic heterocycles. The molecule has 1 aliphatic heterocycles. The van der Waals surface area contributed by atoms with Crippen LogP contribution in [-0.4, -0.2) is 34.4 Å². The predicted molar refractivity (Wildman–Crippen MR) is 94.8 cm³/mol. The van der Waals surface area contributed by atoms with Crippen LogP contribution in [0.4, 0.5) is 0 Å². The van der Waals surface area contributed by atoms with E-state index in [2.05, 4.69) is 19.2 Å². The number of piperidine rings is 1. The van der Waals surface area contributed by atoms with Crippen LogP contribution < -0.4 is 5.73 Å². The maximum Gasteiger partial charge on any atom is 0.242 e. The van der Waals surface area contributed by atoms with E-state index in [9.17, 15) is 4.79 Å². The lowest BCUT2D eigenvalue weighted by Crippen LogP contribution is -2.55. The van der Waals surface area contributed by atoms with Crippen LogP contribution in [0.3, 0.4) is 0 Å². The third-order valence-electron chi connectivity index (χ3n) is 4.25. The van der Waals surface area contributed by atoms with Gasteiger partial charge in [0.25, 0.3) is 0 Å². The SMILES string of the molecule is CCCC(C)(N)C(=O)N1CCCC(c2nc(CC)cs2)C1.Cl. The van der Waals surface area contributed by atoms with Crippen LogP contribution >= 0.6 is 23.7 Å². The number of hydrogen-bond acceptors (Lipinski definition) is 4. The maximum absolute atomic E-state index is 12.6. The molecule has 2 unspecified atom stereocenters. The van der Waals surface area contributed by atoms with E-state index in [1.54, 1.807) is 11.3 Å². The minimum Gasteiger partial charge on any atom is -0.340 e. The van der Waals surface area contributed by atoms with Crippen LogP contribution in [0.2, 0.25) is 0 Å². The Morgan fingerprint density at radius 2 is 2.27 bits per heavy atom. The molecule has 0 radical (unpaired) electrons. The number of hydrogen-bond donors (Lipinski definition) is 1. The van der Waals surface area contributed by atoms with E-state index in [0.717, 1.165) is 50.9 Å². The molecule has 0 spiro atoms. The summed E-state index contributed by atoms with van der Waals surface area (Å²) in [7, 11) is 0. The Kier molecular flexibility index (Phi) is 7.29. The van der Waals surface area contributed by atoms with Crippen molar-refractivity contribution in [3.05, 3.63) is 16.1 Å². The number of halogens is 1. The number of aromatic nitrogens is 1. The molecule has 2 atom stereocenters. The molecule has 1 saturated heterocycles. The molecule has 1 aliphatic rings. The summed E-state index contributed by atoms with van der Waals surface area (Å²) in [6, 6.07) is 0. The minimum absolute atomic E-state index is 0. The third-order valence-corrected chi connectivity index (χ3v) is 5.30. The number of nitrogens with two attached hydrogens (primary N) is 1. The molecule has 6 heteroatoms. The van der Waals surface area contributed by atoms with Gasteiger partial charge >= 0.3 is 0 Å². The number of nitrogens with zero attached hydrogens (tertiary/aromatic N) is 2. The van der Waals surface area contributed by atoms with Crippen LogP contribution in [0.1, 0.15) is 63.1 Å². The van der Waals surface area contributed by atoms with Gasteiger partial charge in [-0.1, -0.05) is 20.3 Å². The van der Waals surface area contributed by atoms with Gasteiger partial charge in [-0.3, -0.25) is 4.79 Å². The fraction of sp³-hybridized carbons (Fsp3) is 0.750. The summed E-state index contributed by atoms with van der Waals surface area (Å²) < 4.78 is 0. The highest BCUT2D eigenvalue weighted by atomic mass is 35.5. The number of rotatable bonds is 5. The van der Waals surface area contributed by atoms with Gasteiger partial charge in [-0.25, -0.2) is 4.98 Å². The quantitative estimate of drug-likeness (QED) is 0.890. The van der Waals surface area contributed by atoms with Crippen molar-refractivity contribution in [2.75, 3.05) is 13.1 Å². The van der Waals surface area contributed by atoms with E-state index in [-0.39, 0.29) is 18.3 Å². The van der Waals surface area contributed by atoms with Gasteiger partial charge in [0, 0.05) is 24.4 Å². The highest BCUT2D eigenvalue weighted by molar-refractivity contribution is 7.09. The molecule has 1 fully saturated rings. The van der Waals surface area contributed by atoms with Crippen LogP contribution in [0, 0.1) is 0 Å². The molecule has 0 saturated carbocycles. The summed E-state index contributed by atoms with van der Waals surface area (Å²) >= 11 is 1.73. The maximum atomic E-state index is 12.6. The topological polar surface area (TPSA) is 59.2 Å². The van der Waals surface area contributed by atoms with Crippen LogP contribution in [0.25, 0.3) is 0 Å². The lowest BCUT2D eigenvalue weighted by molar-refractivity contribution is -0.137. The summed E-state index contributed by atoms with van der Waals surface area (Å²) in [4.78, 5) is 19.3. The van der Waals surface area contributed by atoms with E-state index in [4.69, 9.17) is 10.7 Å². The number of thiazole rings is 1. The van der Waals surface area contributed by atoms with Crippen LogP contribution in [0.15, 0.2) is 5.38 Å². The molecule has 0 bridgehead atoms. The Balaban J connectivity index is 0.00000242. The second kappa shape index (κ2) is 8.27. The fourth-order valence-electron chi connectivity index (χ4n) is 3.02. The van der Waals surface area contributed by atoms with Crippen molar-refractivity contribution in [2.45, 2.75) is 64.3 Å². The first-order valence-electron chi connectivity index (χ1n) is 8.00. The van der Waals surface area contributed by atoms with E-state index in [0.29, 0.717) is 5.92 Å². The first-order valence-corrected chi connectivity index (χ1v) is 8.88. The zero-order valence-corrected chi connectivity index (χ0v) is 15.4. The Morgan fingerprint density at radius 3 is 2.86 bits per heavy atom. The summed E-state index contributed by atoms with van der Waals surface area (Å²) in [5.74, 6) is 0.478. The number of amides is 1. The number of aryl methyl sites for hydroxylation is 1. The normalized spacial score (nSPS) is 21.1. The Hall–Kier alpha value is -0.650. The Labute approximate surface area is 143 Å². The molecular weight excluding hydrogens is 318 g/mol. The van der Waals surface area contributed by atoms with Crippen molar-refractivity contribution < 1.29 is 4.79 Å². The Morgan fingerprint density at radius 1 is 1.55 bits per heavy atom. The van der Waals surface area contributed by atoms with Crippen molar-refractivity contribution in [1.82, 2.24) is 9.88 Å². The molecule has 1 amide bonds. The van der Waals surface area contributed by atoms with E-state index in [1.807, 2.05) is 11.8 Å². The average molecular weight is 346 g/mol. The predicted octanol–water partition coefficient (Wildman–Crippen LogP) is 3.35. The largest absolute Gasteiger partial charge is 0.340 e. The van der Waals surface area contributed by atoms with Crippen molar-refractivity contribution >= 4 is 29.7 Å². The molecule has 0 aromatic carbocycles. The van der Waals surface area contributed by atoms with Crippen molar-refractivity contribution in [3.8, 4) is 0 Å². The van der Waals surface area contributed by atoms with Gasteiger partial charge in [-0.05, 0) is 32.6 Å². The standard InChI is InChI=1S/C16H27N3OS.ClH/c1-4-8-16(3,17)15(20)19-9-6-7-12(10-19)14-18-13(5-2)11-21-14;/h11-12H,4-10,17H2,1-3H3;1H. The number of carbonyl (C=O) groups excluding carboxylic acids is 1. The van der Waals surface area contributed by atoms with Gasteiger partial charge in [0.05, 0.1) is 16.2 Å². The zero-order chi connectivity index (χ0) is 15.5. The number of carbonyl (C=O) groups is 1. The van der Waals surface area contributed by atoms with Crippen LogP contribution in [0.5, 0.6) is 0 Å². The molecule has 1 aromatic rings. The average Bonchev–Trinajstić information content (AvgIpc) is 2.95. The van der Waals surface area contributed by atoms with Gasteiger partial charge < -0.3 is 10.6 Å². The fourth-order valence-corrected chi connectivity index (χ4v) is 4.05. The van der Waals surface area contributed by atoms with Crippen LogP contribution in [-0.2, 0) is 11.2 Å². The molecule has 2 N–H and O–H groups in total. The zero-order valence-electron chi connectivity index (χ0n) is 13.8. The first-order chi connectivity index (χ1) is 9.97. The van der Waals surface area contributed by atoms with Crippen molar-refractivity contribution in [2.24, 2.45) is 5.73 Å². The lowest BCUT2D eigenvalue weighted by atomic mass is 9.92. The smallest absolute Gasteiger partial charge is 0.242 e. The van der Waals surface area contributed by atoms with Crippen molar-refractivity contribution in [1.29, 1.82) is 0 Å². The van der Waals surface area contributed by atoms with E-state index in [1.165, 1.54) is 5.01 Å². The summed E-state index contributed by atoms with van der Waals surface area (Å²) in [5.41, 5.74) is 6.64. The molecular formula is C16H28ClN3OS. The van der Waals surface area contributed by atoms with Gasteiger partial charge in [0.15, 0.2) is 0 Å². The molecule has 22 heavy (non-hydrogen) atoms. The second-order valence-electron chi connectivity index (χ2n) is 6.29. The van der Waals surface area contributed by atoms with Gasteiger partial charge in [0.1, 0.15) is 0 Å². The van der Waals surface area contributed by atoms with E-state index >= 15 is 0 Å². The molecule has 4 nitrogen and oxygen atoms in total. The summed E-state index contributed by atoms with van der Waals surface area (Å²) in [6.07, 6.45) is 4.81. The summed E-state index contributed by atoms with van der Waals surface area (Å²) in [5, 5.41) is 3.32. The van der Waals surface area contributed by atoms with E-state index < -0.39 is 5.54 Å². The summed E-state index contributed by atoms with van der Waals surface area (Å²) in [6.45, 7) is 7.66. The second-order valence-corrected chi connectivity index (χ2v) is 7.18. The monoisotopic (exact) mass is 345 g/mol. The highest BCUT2D eigenvalue weighted by Gasteiger charge is 2.35. The molecule has 2 rings (SSSR count).